The molecule has 0 spiro atoms. The molecule has 0 saturated heterocycles. The highest BCUT2D eigenvalue weighted by molar-refractivity contribution is 7.59. The number of nitrogens with zero attached hydrogens (tertiary/aromatic N) is 4. The van der Waals surface area contributed by atoms with Gasteiger partial charge in [0.05, 0.1) is 17.2 Å². The number of benzene rings is 2. The van der Waals surface area contributed by atoms with Gasteiger partial charge in [0.15, 0.2) is 11.5 Å². The number of hydrogen-bond acceptors (Lipinski definition) is 14. The highest BCUT2D eigenvalue weighted by Crippen LogP contribution is 2.64. The van der Waals surface area contributed by atoms with Gasteiger partial charge in [-0.2, -0.15) is 13.9 Å². The highest BCUT2D eigenvalue weighted by Gasteiger charge is 2.53. The normalized spacial score (nSPS) is 14.0. The first kappa shape index (κ1) is 45.4. The van der Waals surface area contributed by atoms with Gasteiger partial charge in [0, 0.05) is 36.6 Å². The maximum Gasteiger partial charge on any atom is 0.533 e. The molecule has 0 radical (unpaired) electrons. The highest BCUT2D eigenvalue weighted by atomic mass is 31.2. The minimum absolute atomic E-state index is 0.0528. The molecular formula is C42H57N4O12P2+. The standard InChI is InChI=1S/C42H57N4O12P2/c1-29-37(55-39(47)53-29)27-51-59(49,52-28-38-30(2)54-40(48)56-38)45-25-32(34-16-11-13-17-35(34)45)20-23-44(10)24-21-42(6,7)58-60(50,57-41(3,4)5)46-26-31(19-22-43(8)9)33-15-12-14-18-36(33)46/h11-18,25-26,50H,19-24,27-28H2,1-10H3/q+1. The van der Waals surface area contributed by atoms with E-state index in [4.69, 9.17) is 35.8 Å². The van der Waals surface area contributed by atoms with Crippen LogP contribution in [0.1, 0.15) is 75.2 Å². The lowest BCUT2D eigenvalue weighted by Gasteiger charge is -2.32. The van der Waals surface area contributed by atoms with E-state index in [1.165, 1.54) is 18.2 Å². The van der Waals surface area contributed by atoms with Crippen LogP contribution in [-0.2, 0) is 48.7 Å². The Hall–Kier alpha value is -4.08. The van der Waals surface area contributed by atoms with E-state index in [1.54, 1.807) is 12.3 Å². The predicted molar refractivity (Wildman–Crippen MR) is 229 cm³/mol. The number of hydrogen-bond donors (Lipinski definition) is 1. The van der Waals surface area contributed by atoms with Crippen molar-refractivity contribution in [3.8, 4) is 0 Å². The third kappa shape index (κ3) is 10.9. The monoisotopic (exact) mass is 871 g/mol. The Balaban J connectivity index is 1.19. The summed E-state index contributed by atoms with van der Waals surface area (Å²) >= 11 is 0. The maximum atomic E-state index is 14.8. The van der Waals surface area contributed by atoms with Crippen molar-refractivity contribution in [3.63, 3.8) is 0 Å². The quantitative estimate of drug-likeness (QED) is 0.0722. The van der Waals surface area contributed by atoms with Crippen LogP contribution >= 0.6 is 15.8 Å². The van der Waals surface area contributed by atoms with Gasteiger partial charge in [0.1, 0.15) is 35.9 Å². The fourth-order valence-corrected chi connectivity index (χ4v) is 10.8. The van der Waals surface area contributed by atoms with E-state index in [1.807, 2.05) is 103 Å². The van der Waals surface area contributed by atoms with Gasteiger partial charge in [-0.05, 0) is 112 Å². The third-order valence-electron chi connectivity index (χ3n) is 9.92. The van der Waals surface area contributed by atoms with Crippen molar-refractivity contribution in [2.45, 2.75) is 92.1 Å². The van der Waals surface area contributed by atoms with Crippen molar-refractivity contribution in [2.24, 2.45) is 0 Å². The van der Waals surface area contributed by atoms with Crippen molar-refractivity contribution in [1.29, 1.82) is 0 Å². The van der Waals surface area contributed by atoms with Crippen molar-refractivity contribution >= 4 is 37.6 Å². The zero-order valence-electron chi connectivity index (χ0n) is 36.1. The summed E-state index contributed by atoms with van der Waals surface area (Å²) < 4.78 is 63.2. The van der Waals surface area contributed by atoms with Gasteiger partial charge in [-0.3, -0.25) is 13.4 Å². The number of aromatic nitrogens is 2. The summed E-state index contributed by atoms with van der Waals surface area (Å²) in [5.41, 5.74) is 1.91. The molecule has 0 fully saturated rings. The second-order valence-corrected chi connectivity index (χ2v) is 20.5. The van der Waals surface area contributed by atoms with Crippen LogP contribution < -0.4 is 11.6 Å². The Morgan fingerprint density at radius 2 is 1.23 bits per heavy atom. The summed E-state index contributed by atoms with van der Waals surface area (Å²) in [6.45, 7) is 14.0. The van der Waals surface area contributed by atoms with Gasteiger partial charge in [-0.15, -0.1) is 4.34 Å². The van der Waals surface area contributed by atoms with E-state index in [2.05, 4.69) is 15.9 Å². The van der Waals surface area contributed by atoms with Gasteiger partial charge in [0.2, 0.25) is 0 Å². The molecule has 1 atom stereocenters. The molecule has 0 bridgehead atoms. The molecule has 0 aliphatic carbocycles. The average Bonchev–Trinajstić information content (AvgIpc) is 3.91. The Morgan fingerprint density at radius 3 is 1.77 bits per heavy atom. The van der Waals surface area contributed by atoms with Crippen LogP contribution in [0.25, 0.3) is 21.8 Å². The topological polar surface area (TPSA) is 177 Å². The first-order valence-electron chi connectivity index (χ1n) is 19.8. The van der Waals surface area contributed by atoms with Crippen LogP contribution in [0.5, 0.6) is 0 Å². The van der Waals surface area contributed by atoms with E-state index in [9.17, 15) is 19.0 Å². The van der Waals surface area contributed by atoms with Crippen molar-refractivity contribution in [2.75, 3.05) is 40.8 Å². The molecule has 2 aromatic carbocycles. The van der Waals surface area contributed by atoms with Gasteiger partial charge in [0.25, 0.3) is 0 Å². The van der Waals surface area contributed by atoms with Gasteiger partial charge in [-0.25, -0.2) is 14.2 Å². The number of likely N-dealkylation sites (N-methyl/N-ethyl adjacent to an activating group) is 2. The van der Waals surface area contributed by atoms with Crippen LogP contribution in [0.3, 0.4) is 0 Å². The Bertz CT molecular complexity index is 2510. The third-order valence-corrected chi connectivity index (χ3v) is 14.1. The molecule has 0 aliphatic rings. The molecule has 1 N–H and O–H groups in total. The minimum Gasteiger partial charge on any atom is -0.396 e. The molecule has 4 heterocycles. The largest absolute Gasteiger partial charge is 0.533 e. The SMILES string of the molecule is Cc1oc(=O)oc1COP(=O)(OCc1oc(=O)oc1C)n1cc(CCN(C)CCC(C)(C)O[P+](O)(OC(C)(C)C)n2cc(CCN(C)C)c3ccccc32)c2ccccc21. The fraction of sp³-hybridized carbons (Fsp3) is 0.476. The summed E-state index contributed by atoms with van der Waals surface area (Å²) in [5, 5.41) is 1.88. The van der Waals surface area contributed by atoms with E-state index < -0.39 is 51.9 Å². The lowest BCUT2D eigenvalue weighted by molar-refractivity contribution is 0.0106. The Labute approximate surface area is 349 Å². The van der Waals surface area contributed by atoms with E-state index in [0.717, 1.165) is 40.4 Å². The predicted octanol–water partition coefficient (Wildman–Crippen LogP) is 8.49. The Morgan fingerprint density at radius 1 is 0.717 bits per heavy atom. The summed E-state index contributed by atoms with van der Waals surface area (Å²) in [4.78, 5) is 40.3. The van der Waals surface area contributed by atoms with Crippen LogP contribution in [0.2, 0.25) is 0 Å². The molecule has 0 saturated carbocycles. The van der Waals surface area contributed by atoms with Crippen molar-refractivity contribution < 1.29 is 45.2 Å². The van der Waals surface area contributed by atoms with E-state index >= 15 is 0 Å². The molecule has 0 aliphatic heterocycles. The van der Waals surface area contributed by atoms with Crippen molar-refractivity contribution in [3.05, 3.63) is 116 Å². The van der Waals surface area contributed by atoms with Gasteiger partial charge < -0.3 is 27.5 Å². The van der Waals surface area contributed by atoms with Crippen molar-refractivity contribution in [1.82, 2.24) is 18.5 Å². The number of aryl methyl sites for hydroxylation is 2. The molecule has 4 aromatic heterocycles. The van der Waals surface area contributed by atoms with Crippen LogP contribution in [0.15, 0.2) is 88.2 Å². The molecule has 0 amide bonds. The molecule has 60 heavy (non-hydrogen) atoms. The molecule has 18 heteroatoms. The Kier molecular flexibility index (Phi) is 13.7. The maximum absolute atomic E-state index is 14.8. The van der Waals surface area contributed by atoms with Gasteiger partial charge in [-0.1, -0.05) is 36.4 Å². The van der Waals surface area contributed by atoms with Gasteiger partial charge >= 0.3 is 27.5 Å². The summed E-state index contributed by atoms with van der Waals surface area (Å²) in [6.07, 6.45) is 5.64. The van der Waals surface area contributed by atoms with E-state index in [0.29, 0.717) is 31.4 Å². The molecule has 16 nitrogen and oxygen atoms in total. The first-order chi connectivity index (χ1) is 28.2. The smallest absolute Gasteiger partial charge is 0.396 e. The summed E-state index contributed by atoms with van der Waals surface area (Å²) in [7, 11) is -1.85. The lowest BCUT2D eigenvalue weighted by atomic mass is 10.1. The summed E-state index contributed by atoms with van der Waals surface area (Å²) in [6, 6.07) is 15.5. The molecular weight excluding hydrogens is 814 g/mol. The average molecular weight is 872 g/mol. The zero-order chi connectivity index (χ0) is 43.6. The lowest BCUT2D eigenvalue weighted by Crippen LogP contribution is -2.35. The number of rotatable bonds is 20. The van der Waals surface area contributed by atoms with Crippen LogP contribution in [-0.4, -0.2) is 75.3 Å². The fourth-order valence-electron chi connectivity index (χ4n) is 6.79. The van der Waals surface area contributed by atoms with E-state index in [-0.39, 0.29) is 23.0 Å². The minimum atomic E-state index is -4.27. The second-order valence-electron chi connectivity index (χ2n) is 16.8. The first-order valence-corrected chi connectivity index (χ1v) is 22.8. The summed E-state index contributed by atoms with van der Waals surface area (Å²) in [5.74, 6) is -1.38. The van der Waals surface area contributed by atoms with Crippen LogP contribution in [0, 0.1) is 13.8 Å². The zero-order valence-corrected chi connectivity index (χ0v) is 37.8. The molecule has 1 unspecified atom stereocenters. The number of para-hydroxylation sites is 2. The number of fused-ring (bicyclic) bond motifs is 2. The molecule has 6 rings (SSSR count). The van der Waals surface area contributed by atoms with Crippen LogP contribution in [0.4, 0.5) is 0 Å². The molecule has 6 aromatic rings. The molecule has 326 valence electrons. The second kappa shape index (κ2) is 18.1.